The van der Waals surface area contributed by atoms with Crippen molar-refractivity contribution >= 4 is 19.8 Å². The Hall–Kier alpha value is -0.990. The van der Waals surface area contributed by atoms with E-state index in [0.717, 1.165) is 32.1 Å². The van der Waals surface area contributed by atoms with Gasteiger partial charge in [0, 0.05) is 12.8 Å². The zero-order chi connectivity index (χ0) is 37.9. The summed E-state index contributed by atoms with van der Waals surface area (Å²) >= 11 is 0. The summed E-state index contributed by atoms with van der Waals surface area (Å²) in [4.78, 5) is 37.4. The van der Waals surface area contributed by atoms with Crippen LogP contribution in [0.5, 0.6) is 0 Å². The Kier molecular flexibility index (Phi) is 34.1. The number of nitrogens with zero attached hydrogens (tertiary/aromatic N) is 1. The molecule has 304 valence electrons. The molecule has 9 nitrogen and oxygen atoms in total. The average Bonchev–Trinajstić information content (AvgIpc) is 3.07. The lowest BCUT2D eigenvalue weighted by molar-refractivity contribution is -0.870. The second kappa shape index (κ2) is 34.8. The first-order valence-corrected chi connectivity index (χ1v) is 22.7. The minimum atomic E-state index is -4.61. The highest BCUT2D eigenvalue weighted by Gasteiger charge is 2.21. The van der Waals surface area contributed by atoms with E-state index in [-0.39, 0.29) is 32.0 Å². The predicted octanol–water partition coefficient (Wildman–Crippen LogP) is 11.0. The topological polar surface area (TPSA) is 111 Å². The molecular formula is C41H82NO8P. The molecule has 0 radical (unpaired) electrons. The van der Waals surface area contributed by atoms with E-state index in [1.54, 1.807) is 0 Å². The fourth-order valence-electron chi connectivity index (χ4n) is 6.01. The second-order valence-electron chi connectivity index (χ2n) is 15.7. The van der Waals surface area contributed by atoms with E-state index in [0.29, 0.717) is 17.4 Å². The number of phosphoric acid groups is 1. The summed E-state index contributed by atoms with van der Waals surface area (Å²) in [5.74, 6) is -0.823. The number of likely N-dealkylation sites (N-methyl/N-ethyl adjacent to an activating group) is 1. The monoisotopic (exact) mass is 748 g/mol. The Balaban J connectivity index is 4.31. The zero-order valence-electron chi connectivity index (χ0n) is 34.1. The van der Waals surface area contributed by atoms with Gasteiger partial charge in [-0.05, 0) is 12.8 Å². The highest BCUT2D eigenvalue weighted by atomic mass is 31.2. The molecule has 0 bridgehead atoms. The number of hydrogen-bond donors (Lipinski definition) is 0. The van der Waals surface area contributed by atoms with Crippen LogP contribution in [-0.2, 0) is 32.7 Å². The summed E-state index contributed by atoms with van der Waals surface area (Å²) in [6, 6.07) is 0. The van der Waals surface area contributed by atoms with Crippen LogP contribution in [0, 0.1) is 0 Å². The SMILES string of the molecule is CCCCCCCCCCCCCCCCCCC(=O)OC[C@H](COP(=O)([O-])OCC[N+](C)(C)C)OC(=O)CCCCCCCCCCCCC. The van der Waals surface area contributed by atoms with Crippen molar-refractivity contribution in [3.8, 4) is 0 Å². The highest BCUT2D eigenvalue weighted by Crippen LogP contribution is 2.38. The molecule has 0 heterocycles. The number of esters is 2. The first kappa shape index (κ1) is 50.0. The lowest BCUT2D eigenvalue weighted by atomic mass is 10.0. The van der Waals surface area contributed by atoms with Crippen molar-refractivity contribution in [2.75, 3.05) is 47.5 Å². The molecule has 0 N–H and O–H groups in total. The molecule has 0 saturated heterocycles. The fraction of sp³-hybridized carbons (Fsp3) is 0.951. The predicted molar refractivity (Wildman–Crippen MR) is 208 cm³/mol. The molecule has 0 aliphatic heterocycles. The molecule has 0 amide bonds. The van der Waals surface area contributed by atoms with E-state index < -0.39 is 26.5 Å². The molecule has 0 aliphatic carbocycles. The number of rotatable bonds is 39. The lowest BCUT2D eigenvalue weighted by Gasteiger charge is -2.28. The van der Waals surface area contributed by atoms with Crippen LogP contribution in [0.3, 0.4) is 0 Å². The molecule has 0 rings (SSSR count). The number of phosphoric ester groups is 1. The maximum atomic E-state index is 12.6. The molecule has 1 unspecified atom stereocenters. The minimum Gasteiger partial charge on any atom is -0.756 e. The first-order valence-electron chi connectivity index (χ1n) is 21.2. The lowest BCUT2D eigenvalue weighted by Crippen LogP contribution is -2.37. The molecule has 0 aliphatic rings. The Bertz CT molecular complexity index is 850. The van der Waals surface area contributed by atoms with Gasteiger partial charge in [-0.15, -0.1) is 0 Å². The van der Waals surface area contributed by atoms with Gasteiger partial charge in [0.1, 0.15) is 19.8 Å². The van der Waals surface area contributed by atoms with Gasteiger partial charge in [-0.25, -0.2) is 0 Å². The largest absolute Gasteiger partial charge is 0.756 e. The Morgan fingerprint density at radius 1 is 0.529 bits per heavy atom. The number of hydrogen-bond acceptors (Lipinski definition) is 8. The van der Waals surface area contributed by atoms with Crippen LogP contribution >= 0.6 is 7.82 Å². The van der Waals surface area contributed by atoms with Gasteiger partial charge >= 0.3 is 11.9 Å². The highest BCUT2D eigenvalue weighted by molar-refractivity contribution is 7.45. The van der Waals surface area contributed by atoms with Crippen molar-refractivity contribution in [3.05, 3.63) is 0 Å². The minimum absolute atomic E-state index is 0.0259. The summed E-state index contributed by atoms with van der Waals surface area (Å²) in [7, 11) is 1.18. The molecular weight excluding hydrogens is 665 g/mol. The van der Waals surface area contributed by atoms with Crippen LogP contribution in [0.25, 0.3) is 0 Å². The number of carbonyl (C=O) groups is 2. The smallest absolute Gasteiger partial charge is 0.306 e. The molecule has 51 heavy (non-hydrogen) atoms. The van der Waals surface area contributed by atoms with Gasteiger partial charge in [-0.3, -0.25) is 14.2 Å². The van der Waals surface area contributed by atoms with Crippen molar-refractivity contribution in [3.63, 3.8) is 0 Å². The maximum Gasteiger partial charge on any atom is 0.306 e. The van der Waals surface area contributed by atoms with Gasteiger partial charge in [0.2, 0.25) is 0 Å². The zero-order valence-corrected chi connectivity index (χ0v) is 35.0. The number of quaternary nitrogens is 1. The van der Waals surface area contributed by atoms with Gasteiger partial charge in [0.15, 0.2) is 6.10 Å². The van der Waals surface area contributed by atoms with Crippen molar-refractivity contribution < 1.29 is 42.1 Å². The summed E-state index contributed by atoms with van der Waals surface area (Å²) in [6.45, 7) is 4.24. The van der Waals surface area contributed by atoms with Gasteiger partial charge in [0.05, 0.1) is 27.7 Å². The summed E-state index contributed by atoms with van der Waals surface area (Å²) < 4.78 is 33.8. The van der Waals surface area contributed by atoms with Crippen molar-refractivity contribution in [1.82, 2.24) is 0 Å². The van der Waals surface area contributed by atoms with E-state index in [1.807, 2.05) is 21.1 Å². The molecule has 0 spiro atoms. The van der Waals surface area contributed by atoms with E-state index in [1.165, 1.54) is 135 Å². The quantitative estimate of drug-likeness (QED) is 0.0264. The standard InChI is InChI=1S/C41H82NO8P/c1-6-8-10-12-14-16-18-19-20-21-22-24-25-27-29-31-33-40(43)47-37-39(38-49-51(45,46)48-36-35-42(3,4)5)50-41(44)34-32-30-28-26-23-17-15-13-11-9-7-2/h39H,6-38H2,1-5H3/t39-/m1/s1. The van der Waals surface area contributed by atoms with Gasteiger partial charge < -0.3 is 27.9 Å². The second-order valence-corrected chi connectivity index (χ2v) is 17.1. The number of unbranched alkanes of at least 4 members (excludes halogenated alkanes) is 25. The molecule has 0 saturated carbocycles. The molecule has 0 aromatic carbocycles. The Labute approximate surface area is 314 Å². The van der Waals surface area contributed by atoms with Crippen molar-refractivity contribution in [1.29, 1.82) is 0 Å². The maximum absolute atomic E-state index is 12.6. The number of carbonyl (C=O) groups excluding carboxylic acids is 2. The van der Waals surface area contributed by atoms with Crippen LogP contribution in [-0.4, -0.2) is 70.0 Å². The third kappa shape index (κ3) is 38.5. The third-order valence-electron chi connectivity index (χ3n) is 9.38. The van der Waals surface area contributed by atoms with Crippen molar-refractivity contribution in [2.45, 2.75) is 206 Å². The third-order valence-corrected chi connectivity index (χ3v) is 10.3. The van der Waals surface area contributed by atoms with Crippen LogP contribution in [0.1, 0.15) is 200 Å². The Morgan fingerprint density at radius 3 is 1.25 bits per heavy atom. The van der Waals surface area contributed by atoms with Crippen LogP contribution in [0.2, 0.25) is 0 Å². The summed E-state index contributed by atoms with van der Waals surface area (Å²) in [6.07, 6.45) is 32.7. The molecule has 2 atom stereocenters. The van der Waals surface area contributed by atoms with E-state index in [4.69, 9.17) is 18.5 Å². The van der Waals surface area contributed by atoms with Gasteiger partial charge in [-0.2, -0.15) is 0 Å². The number of ether oxygens (including phenoxy) is 2. The summed E-state index contributed by atoms with van der Waals surface area (Å²) in [5.41, 5.74) is 0. The molecule has 0 aromatic rings. The fourth-order valence-corrected chi connectivity index (χ4v) is 6.74. The van der Waals surface area contributed by atoms with Crippen molar-refractivity contribution in [2.24, 2.45) is 0 Å². The van der Waals surface area contributed by atoms with E-state index in [2.05, 4.69) is 13.8 Å². The van der Waals surface area contributed by atoms with Gasteiger partial charge in [0.25, 0.3) is 7.82 Å². The van der Waals surface area contributed by atoms with Gasteiger partial charge in [-0.1, -0.05) is 174 Å². The van der Waals surface area contributed by atoms with Crippen LogP contribution < -0.4 is 4.89 Å². The van der Waals surface area contributed by atoms with Crippen LogP contribution in [0.4, 0.5) is 0 Å². The molecule has 0 aromatic heterocycles. The Morgan fingerprint density at radius 2 is 0.882 bits per heavy atom. The summed E-state index contributed by atoms with van der Waals surface area (Å²) in [5, 5.41) is 0. The normalized spacial score (nSPS) is 13.6. The van der Waals surface area contributed by atoms with Crippen LogP contribution in [0.15, 0.2) is 0 Å². The first-order chi connectivity index (χ1) is 24.5. The van der Waals surface area contributed by atoms with E-state index in [9.17, 15) is 19.0 Å². The molecule has 10 heteroatoms. The molecule has 0 fully saturated rings. The average molecular weight is 748 g/mol. The van der Waals surface area contributed by atoms with E-state index >= 15 is 0 Å².